The highest BCUT2D eigenvalue weighted by Crippen LogP contribution is 2.29. The van der Waals surface area contributed by atoms with Gasteiger partial charge in [-0.3, -0.25) is 0 Å². The standard InChI is InChI=1S/C10H20N2O2/c1-13-8-9-10(14-7-6-12-9)2-4-11-5-3-10/h9,11-12H,2-8H2,1H3. The molecule has 2 N–H and O–H groups in total. The highest BCUT2D eigenvalue weighted by molar-refractivity contribution is 4.98. The Morgan fingerprint density at radius 3 is 2.86 bits per heavy atom. The predicted molar refractivity (Wildman–Crippen MR) is 54.5 cm³/mol. The number of rotatable bonds is 2. The van der Waals surface area contributed by atoms with Crippen molar-refractivity contribution in [1.82, 2.24) is 10.6 Å². The number of nitrogens with one attached hydrogen (secondary N) is 2. The second-order valence-corrected chi connectivity index (χ2v) is 4.13. The number of hydrogen-bond donors (Lipinski definition) is 2. The summed E-state index contributed by atoms with van der Waals surface area (Å²) < 4.78 is 11.2. The van der Waals surface area contributed by atoms with Crippen LogP contribution in [0.5, 0.6) is 0 Å². The average molecular weight is 200 g/mol. The van der Waals surface area contributed by atoms with Crippen LogP contribution in [0.4, 0.5) is 0 Å². The molecule has 1 spiro atoms. The first-order valence-electron chi connectivity index (χ1n) is 5.44. The third kappa shape index (κ3) is 1.93. The van der Waals surface area contributed by atoms with E-state index in [0.717, 1.165) is 45.7 Å². The van der Waals surface area contributed by atoms with E-state index in [-0.39, 0.29) is 5.60 Å². The highest BCUT2D eigenvalue weighted by Gasteiger charge is 2.42. The van der Waals surface area contributed by atoms with E-state index in [2.05, 4.69) is 10.6 Å². The number of piperidine rings is 1. The third-order valence-corrected chi connectivity index (χ3v) is 3.30. The first-order valence-corrected chi connectivity index (χ1v) is 5.44. The van der Waals surface area contributed by atoms with Gasteiger partial charge in [0.25, 0.3) is 0 Å². The number of morpholine rings is 1. The summed E-state index contributed by atoms with van der Waals surface area (Å²) in [6.07, 6.45) is 2.18. The molecule has 82 valence electrons. The van der Waals surface area contributed by atoms with Crippen LogP contribution in [-0.4, -0.2) is 51.6 Å². The minimum atomic E-state index is 0.0273. The van der Waals surface area contributed by atoms with E-state index < -0.39 is 0 Å². The Bertz CT molecular complexity index is 171. The lowest BCUT2D eigenvalue weighted by Gasteiger charge is -2.46. The zero-order valence-electron chi connectivity index (χ0n) is 8.84. The molecule has 1 atom stereocenters. The molecule has 0 aromatic carbocycles. The quantitative estimate of drug-likeness (QED) is 0.645. The fourth-order valence-electron chi connectivity index (χ4n) is 2.49. The Balaban J connectivity index is 2.02. The second-order valence-electron chi connectivity index (χ2n) is 4.13. The first kappa shape index (κ1) is 10.4. The minimum absolute atomic E-state index is 0.0273. The molecule has 0 aliphatic carbocycles. The molecule has 4 nitrogen and oxygen atoms in total. The van der Waals surface area contributed by atoms with E-state index >= 15 is 0 Å². The summed E-state index contributed by atoms with van der Waals surface area (Å²) in [7, 11) is 1.76. The van der Waals surface area contributed by atoms with Gasteiger partial charge in [-0.05, 0) is 25.9 Å². The summed E-state index contributed by atoms with van der Waals surface area (Å²) >= 11 is 0. The molecule has 2 fully saturated rings. The molecular weight excluding hydrogens is 180 g/mol. The molecule has 2 aliphatic rings. The largest absolute Gasteiger partial charge is 0.383 e. The Hall–Kier alpha value is -0.160. The van der Waals surface area contributed by atoms with Crippen molar-refractivity contribution < 1.29 is 9.47 Å². The topological polar surface area (TPSA) is 42.5 Å². The van der Waals surface area contributed by atoms with Crippen LogP contribution in [0.15, 0.2) is 0 Å². The molecule has 0 radical (unpaired) electrons. The Labute approximate surface area is 85.3 Å². The molecule has 4 heteroatoms. The van der Waals surface area contributed by atoms with Crippen molar-refractivity contribution in [2.45, 2.75) is 24.5 Å². The normalized spacial score (nSPS) is 31.9. The zero-order valence-corrected chi connectivity index (χ0v) is 8.84. The van der Waals surface area contributed by atoms with Crippen LogP contribution >= 0.6 is 0 Å². The summed E-state index contributed by atoms with van der Waals surface area (Å²) in [4.78, 5) is 0. The van der Waals surface area contributed by atoms with Crippen molar-refractivity contribution in [3.8, 4) is 0 Å². The number of ether oxygens (including phenoxy) is 2. The van der Waals surface area contributed by atoms with Gasteiger partial charge in [-0.25, -0.2) is 0 Å². The molecule has 1 unspecified atom stereocenters. The van der Waals surface area contributed by atoms with Crippen molar-refractivity contribution in [3.63, 3.8) is 0 Å². The highest BCUT2D eigenvalue weighted by atomic mass is 16.5. The maximum atomic E-state index is 5.99. The van der Waals surface area contributed by atoms with Gasteiger partial charge in [0.2, 0.25) is 0 Å². The molecule has 0 amide bonds. The molecule has 2 heterocycles. The minimum Gasteiger partial charge on any atom is -0.383 e. The lowest BCUT2D eigenvalue weighted by atomic mass is 9.84. The van der Waals surface area contributed by atoms with Crippen molar-refractivity contribution in [1.29, 1.82) is 0 Å². The second kappa shape index (κ2) is 4.57. The van der Waals surface area contributed by atoms with Gasteiger partial charge in [0.05, 0.1) is 24.9 Å². The summed E-state index contributed by atoms with van der Waals surface area (Å²) in [5, 5.41) is 6.87. The van der Waals surface area contributed by atoms with Gasteiger partial charge < -0.3 is 20.1 Å². The van der Waals surface area contributed by atoms with Gasteiger partial charge in [0.1, 0.15) is 0 Å². The lowest BCUT2D eigenvalue weighted by Crippen LogP contribution is -2.63. The molecule has 14 heavy (non-hydrogen) atoms. The average Bonchev–Trinajstić information content (AvgIpc) is 2.23. The molecule has 2 rings (SSSR count). The van der Waals surface area contributed by atoms with E-state index in [1.54, 1.807) is 7.11 Å². The van der Waals surface area contributed by atoms with E-state index in [1.165, 1.54) is 0 Å². The van der Waals surface area contributed by atoms with Gasteiger partial charge in [-0.1, -0.05) is 0 Å². The van der Waals surface area contributed by atoms with Crippen molar-refractivity contribution in [3.05, 3.63) is 0 Å². The zero-order chi connectivity index (χ0) is 9.86. The van der Waals surface area contributed by atoms with Crippen LogP contribution in [-0.2, 0) is 9.47 Å². The Kier molecular flexibility index (Phi) is 3.38. The SMILES string of the molecule is COCC1NCCOC12CCNCC2. The van der Waals surface area contributed by atoms with Gasteiger partial charge in [0, 0.05) is 13.7 Å². The van der Waals surface area contributed by atoms with E-state index in [1.807, 2.05) is 0 Å². The Morgan fingerprint density at radius 2 is 2.14 bits per heavy atom. The van der Waals surface area contributed by atoms with Crippen molar-refractivity contribution in [2.24, 2.45) is 0 Å². The van der Waals surface area contributed by atoms with Gasteiger partial charge in [-0.2, -0.15) is 0 Å². The molecule has 0 aromatic heterocycles. The molecule has 0 bridgehead atoms. The number of hydrogen-bond acceptors (Lipinski definition) is 4. The van der Waals surface area contributed by atoms with E-state index in [9.17, 15) is 0 Å². The summed E-state index contributed by atoms with van der Waals surface area (Å²) in [5.41, 5.74) is 0.0273. The summed E-state index contributed by atoms with van der Waals surface area (Å²) in [5.74, 6) is 0. The summed E-state index contributed by atoms with van der Waals surface area (Å²) in [6.45, 7) is 4.65. The van der Waals surface area contributed by atoms with Crippen LogP contribution in [0.25, 0.3) is 0 Å². The van der Waals surface area contributed by atoms with Crippen LogP contribution in [0.1, 0.15) is 12.8 Å². The molecule has 2 aliphatic heterocycles. The van der Waals surface area contributed by atoms with Crippen LogP contribution in [0.2, 0.25) is 0 Å². The maximum absolute atomic E-state index is 5.99. The maximum Gasteiger partial charge on any atom is 0.0882 e. The van der Waals surface area contributed by atoms with E-state index in [4.69, 9.17) is 9.47 Å². The smallest absolute Gasteiger partial charge is 0.0882 e. The van der Waals surface area contributed by atoms with Crippen molar-refractivity contribution in [2.75, 3.05) is 40.0 Å². The van der Waals surface area contributed by atoms with Crippen molar-refractivity contribution >= 4 is 0 Å². The van der Waals surface area contributed by atoms with Crippen LogP contribution < -0.4 is 10.6 Å². The molecular formula is C10H20N2O2. The first-order chi connectivity index (χ1) is 6.87. The fourth-order valence-corrected chi connectivity index (χ4v) is 2.49. The molecule has 2 saturated heterocycles. The van der Waals surface area contributed by atoms with E-state index in [0.29, 0.717) is 6.04 Å². The van der Waals surface area contributed by atoms with Gasteiger partial charge >= 0.3 is 0 Å². The van der Waals surface area contributed by atoms with Crippen LogP contribution in [0.3, 0.4) is 0 Å². The fraction of sp³-hybridized carbons (Fsp3) is 1.00. The summed E-state index contributed by atoms with van der Waals surface area (Å²) in [6, 6.07) is 0.364. The monoisotopic (exact) mass is 200 g/mol. The third-order valence-electron chi connectivity index (χ3n) is 3.30. The number of methoxy groups -OCH3 is 1. The van der Waals surface area contributed by atoms with Gasteiger partial charge in [0.15, 0.2) is 0 Å². The van der Waals surface area contributed by atoms with Crippen LogP contribution in [0, 0.1) is 0 Å². The lowest BCUT2D eigenvalue weighted by molar-refractivity contribution is -0.125. The predicted octanol–water partition coefficient (Wildman–Crippen LogP) is -0.257. The molecule has 0 aromatic rings. The van der Waals surface area contributed by atoms with Gasteiger partial charge in [-0.15, -0.1) is 0 Å². The Morgan fingerprint density at radius 1 is 1.36 bits per heavy atom. The molecule has 0 saturated carbocycles.